The number of hydrogen-bond acceptors (Lipinski definition) is 5. The van der Waals surface area contributed by atoms with E-state index >= 15 is 0 Å². The first kappa shape index (κ1) is 20.3. The van der Waals surface area contributed by atoms with E-state index in [2.05, 4.69) is 10.0 Å². The molecule has 28 heavy (non-hydrogen) atoms. The molecule has 0 aliphatic heterocycles. The number of sulfonamides is 1. The fraction of sp³-hybridized carbons (Fsp3) is 0.263. The van der Waals surface area contributed by atoms with Crippen molar-refractivity contribution in [3.8, 4) is 0 Å². The second-order valence-corrected chi connectivity index (χ2v) is 8.65. The van der Waals surface area contributed by atoms with Gasteiger partial charge in [0.25, 0.3) is 5.91 Å². The van der Waals surface area contributed by atoms with Crippen LogP contribution in [0.5, 0.6) is 0 Å². The minimum atomic E-state index is -3.59. The summed E-state index contributed by atoms with van der Waals surface area (Å²) in [6, 6.07) is 10.5. The Morgan fingerprint density at radius 3 is 2.43 bits per heavy atom. The quantitative estimate of drug-likeness (QED) is 0.668. The largest absolute Gasteiger partial charge is 0.452 e. The average molecular weight is 423 g/mol. The first-order valence-corrected chi connectivity index (χ1v) is 10.5. The molecule has 0 unspecified atom stereocenters. The number of esters is 1. The summed E-state index contributed by atoms with van der Waals surface area (Å²) in [6.45, 7) is 1.38. The van der Waals surface area contributed by atoms with Crippen molar-refractivity contribution < 1.29 is 22.7 Å². The van der Waals surface area contributed by atoms with E-state index in [0.717, 1.165) is 18.4 Å². The van der Waals surface area contributed by atoms with Crippen LogP contribution in [0.15, 0.2) is 47.4 Å². The molecule has 9 heteroatoms. The zero-order chi connectivity index (χ0) is 20.3. The normalized spacial score (nSPS) is 13.8. The van der Waals surface area contributed by atoms with Gasteiger partial charge in [-0.25, -0.2) is 17.9 Å². The molecule has 1 saturated carbocycles. The molecule has 0 heterocycles. The highest BCUT2D eigenvalue weighted by molar-refractivity contribution is 7.89. The smallest absolute Gasteiger partial charge is 0.338 e. The molecule has 0 aromatic heterocycles. The molecule has 0 radical (unpaired) electrons. The second kappa shape index (κ2) is 8.30. The van der Waals surface area contributed by atoms with Crippen molar-refractivity contribution in [3.63, 3.8) is 0 Å². The van der Waals surface area contributed by atoms with E-state index in [0.29, 0.717) is 10.7 Å². The number of carbonyl (C=O) groups is 2. The summed E-state index contributed by atoms with van der Waals surface area (Å²) in [5.74, 6) is -1.27. The molecule has 1 aliphatic rings. The number of ether oxygens (including phenoxy) is 1. The molecule has 1 fully saturated rings. The van der Waals surface area contributed by atoms with Crippen molar-refractivity contribution in [2.24, 2.45) is 0 Å². The van der Waals surface area contributed by atoms with Crippen molar-refractivity contribution >= 4 is 39.2 Å². The lowest BCUT2D eigenvalue weighted by Gasteiger charge is -2.09. The van der Waals surface area contributed by atoms with Crippen LogP contribution in [0, 0.1) is 6.92 Å². The van der Waals surface area contributed by atoms with E-state index in [1.54, 1.807) is 18.2 Å². The molecule has 0 spiro atoms. The summed E-state index contributed by atoms with van der Waals surface area (Å²) in [5, 5.41) is 2.95. The van der Waals surface area contributed by atoms with E-state index in [1.165, 1.54) is 24.3 Å². The molecule has 2 aromatic rings. The summed E-state index contributed by atoms with van der Waals surface area (Å²) >= 11 is 6.04. The maximum Gasteiger partial charge on any atom is 0.338 e. The summed E-state index contributed by atoms with van der Waals surface area (Å²) in [5.41, 5.74) is 1.52. The van der Waals surface area contributed by atoms with Crippen LogP contribution in [0.4, 0.5) is 5.69 Å². The van der Waals surface area contributed by atoms with Gasteiger partial charge >= 0.3 is 5.97 Å². The van der Waals surface area contributed by atoms with Crippen LogP contribution in [0.1, 0.15) is 28.8 Å². The Labute approximate surface area is 168 Å². The lowest BCUT2D eigenvalue weighted by molar-refractivity contribution is -0.119. The van der Waals surface area contributed by atoms with Gasteiger partial charge in [0, 0.05) is 6.04 Å². The van der Waals surface area contributed by atoms with Gasteiger partial charge in [0.1, 0.15) is 0 Å². The Bertz CT molecular complexity index is 1000. The van der Waals surface area contributed by atoms with Gasteiger partial charge in [-0.2, -0.15) is 0 Å². The highest BCUT2D eigenvalue weighted by Crippen LogP contribution is 2.23. The van der Waals surface area contributed by atoms with Crippen molar-refractivity contribution in [2.45, 2.75) is 30.7 Å². The van der Waals surface area contributed by atoms with Crippen molar-refractivity contribution in [1.29, 1.82) is 0 Å². The first-order valence-electron chi connectivity index (χ1n) is 8.60. The molecule has 0 saturated heterocycles. The van der Waals surface area contributed by atoms with E-state index in [4.69, 9.17) is 16.3 Å². The van der Waals surface area contributed by atoms with Crippen molar-refractivity contribution in [2.75, 3.05) is 11.9 Å². The molecule has 7 nitrogen and oxygen atoms in total. The average Bonchev–Trinajstić information content (AvgIpc) is 3.45. The molecule has 1 aliphatic carbocycles. The number of amides is 1. The monoisotopic (exact) mass is 422 g/mol. The predicted octanol–water partition coefficient (Wildman–Crippen LogP) is 2.88. The van der Waals surface area contributed by atoms with E-state index < -0.39 is 28.5 Å². The third-order valence-corrected chi connectivity index (χ3v) is 5.88. The molecule has 1 amide bonds. The first-order chi connectivity index (χ1) is 13.2. The number of hydrogen-bond donors (Lipinski definition) is 2. The maximum absolute atomic E-state index is 12.1. The van der Waals surface area contributed by atoms with E-state index in [9.17, 15) is 18.0 Å². The molecule has 3 rings (SSSR count). The minimum Gasteiger partial charge on any atom is -0.452 e. The second-order valence-electron chi connectivity index (χ2n) is 6.53. The van der Waals surface area contributed by atoms with Gasteiger partial charge < -0.3 is 10.1 Å². The van der Waals surface area contributed by atoms with Gasteiger partial charge in [-0.05, 0) is 61.7 Å². The lowest BCUT2D eigenvalue weighted by atomic mass is 10.2. The molecule has 2 aromatic carbocycles. The van der Waals surface area contributed by atoms with Crippen LogP contribution in [-0.2, 0) is 19.6 Å². The number of halogens is 1. The Balaban J connectivity index is 1.54. The van der Waals surface area contributed by atoms with Crippen molar-refractivity contribution in [1.82, 2.24) is 4.72 Å². The number of anilines is 1. The van der Waals surface area contributed by atoms with Crippen LogP contribution >= 0.6 is 11.6 Å². The minimum absolute atomic E-state index is 0.00446. The summed E-state index contributed by atoms with van der Waals surface area (Å²) < 4.78 is 31.7. The van der Waals surface area contributed by atoms with E-state index in [-0.39, 0.29) is 16.5 Å². The molecular weight excluding hydrogens is 404 g/mol. The Morgan fingerprint density at radius 2 is 1.82 bits per heavy atom. The fourth-order valence-electron chi connectivity index (χ4n) is 2.38. The zero-order valence-electron chi connectivity index (χ0n) is 15.1. The number of nitrogens with one attached hydrogen (secondary N) is 2. The van der Waals surface area contributed by atoms with Gasteiger partial charge in [0.15, 0.2) is 6.61 Å². The third kappa shape index (κ3) is 5.31. The maximum atomic E-state index is 12.1. The Hall–Kier alpha value is -2.42. The number of benzene rings is 2. The Kier molecular flexibility index (Phi) is 6.02. The molecule has 148 valence electrons. The third-order valence-electron chi connectivity index (χ3n) is 4.03. The van der Waals surface area contributed by atoms with Gasteiger partial charge in [0.05, 0.1) is 21.2 Å². The number of aryl methyl sites for hydroxylation is 1. The van der Waals surface area contributed by atoms with Crippen LogP contribution in [0.25, 0.3) is 0 Å². The lowest BCUT2D eigenvalue weighted by Crippen LogP contribution is -2.25. The molecule has 0 atom stereocenters. The highest BCUT2D eigenvalue weighted by Gasteiger charge is 2.28. The topological polar surface area (TPSA) is 102 Å². The summed E-state index contributed by atoms with van der Waals surface area (Å²) in [7, 11) is -3.59. The standard InChI is InChI=1S/C19H19ClN2O5S/c1-12-2-9-17(16(20)10-12)21-18(23)11-27-19(24)13-3-7-15(8-4-13)28(25,26)22-14-5-6-14/h2-4,7-10,14,22H,5-6,11H2,1H3,(H,21,23). The van der Waals surface area contributed by atoms with Crippen LogP contribution in [0.3, 0.4) is 0 Å². The van der Waals surface area contributed by atoms with Gasteiger partial charge in [-0.1, -0.05) is 17.7 Å². The van der Waals surface area contributed by atoms with E-state index in [1.807, 2.05) is 6.92 Å². The SMILES string of the molecule is Cc1ccc(NC(=O)COC(=O)c2ccc(S(=O)(=O)NC3CC3)cc2)c(Cl)c1. The molecular formula is C19H19ClN2O5S. The number of rotatable bonds is 7. The fourth-order valence-corrected chi connectivity index (χ4v) is 3.97. The van der Waals surface area contributed by atoms with Gasteiger partial charge in [-0.3, -0.25) is 4.79 Å². The molecule has 2 N–H and O–H groups in total. The van der Waals surface area contributed by atoms with Crippen LogP contribution < -0.4 is 10.0 Å². The van der Waals surface area contributed by atoms with Crippen molar-refractivity contribution in [3.05, 3.63) is 58.6 Å². The highest BCUT2D eigenvalue weighted by atomic mass is 35.5. The van der Waals surface area contributed by atoms with Crippen LogP contribution in [-0.4, -0.2) is 32.9 Å². The van der Waals surface area contributed by atoms with Crippen LogP contribution in [0.2, 0.25) is 5.02 Å². The van der Waals surface area contributed by atoms with Gasteiger partial charge in [-0.15, -0.1) is 0 Å². The zero-order valence-corrected chi connectivity index (χ0v) is 16.6. The Morgan fingerprint density at radius 1 is 1.14 bits per heavy atom. The number of carbonyl (C=O) groups excluding carboxylic acids is 2. The summed E-state index contributed by atoms with van der Waals surface area (Å²) in [6.07, 6.45) is 1.67. The summed E-state index contributed by atoms with van der Waals surface area (Å²) in [4.78, 5) is 24.1. The predicted molar refractivity (Wildman–Crippen MR) is 105 cm³/mol. The van der Waals surface area contributed by atoms with Gasteiger partial charge in [0.2, 0.25) is 10.0 Å². The molecule has 0 bridgehead atoms.